The first kappa shape index (κ1) is 12.7. The van der Waals surface area contributed by atoms with E-state index in [0.717, 1.165) is 5.56 Å². The van der Waals surface area contributed by atoms with E-state index < -0.39 is 6.29 Å². The highest BCUT2D eigenvalue weighted by atomic mass is 16.7. The third kappa shape index (κ3) is 2.59. The van der Waals surface area contributed by atoms with Gasteiger partial charge >= 0.3 is 0 Å². The van der Waals surface area contributed by atoms with Crippen molar-refractivity contribution >= 4 is 5.78 Å². The molecule has 4 nitrogen and oxygen atoms in total. The molecule has 1 aromatic rings. The van der Waals surface area contributed by atoms with Crippen LogP contribution in [0.2, 0.25) is 0 Å². The van der Waals surface area contributed by atoms with Gasteiger partial charge in [-0.25, -0.2) is 0 Å². The minimum Gasteiger partial charge on any atom is -0.496 e. The zero-order chi connectivity index (χ0) is 12.1. The van der Waals surface area contributed by atoms with E-state index in [9.17, 15) is 4.79 Å². The molecular formula is C12H16O4. The molecule has 0 unspecified atom stereocenters. The Balaban J connectivity index is 3.10. The maximum Gasteiger partial charge on any atom is 0.222 e. The van der Waals surface area contributed by atoms with Crippen LogP contribution < -0.4 is 4.74 Å². The molecule has 16 heavy (non-hydrogen) atoms. The van der Waals surface area contributed by atoms with Crippen LogP contribution in [0.1, 0.15) is 15.9 Å². The molecule has 0 heterocycles. The lowest BCUT2D eigenvalue weighted by atomic mass is 10.1. The zero-order valence-corrected chi connectivity index (χ0v) is 9.94. The van der Waals surface area contributed by atoms with Crippen LogP contribution in [0.25, 0.3) is 0 Å². The van der Waals surface area contributed by atoms with E-state index >= 15 is 0 Å². The normalized spacial score (nSPS) is 10.6. The lowest BCUT2D eigenvalue weighted by Crippen LogP contribution is -2.25. The van der Waals surface area contributed by atoms with Crippen molar-refractivity contribution in [3.63, 3.8) is 0 Å². The van der Waals surface area contributed by atoms with Crippen LogP contribution in [0.5, 0.6) is 5.75 Å². The van der Waals surface area contributed by atoms with E-state index in [1.165, 1.54) is 21.3 Å². The second-order valence-electron chi connectivity index (χ2n) is 3.37. The lowest BCUT2D eigenvalue weighted by molar-refractivity contribution is -0.0743. The van der Waals surface area contributed by atoms with Crippen molar-refractivity contribution in [1.82, 2.24) is 0 Å². The SMILES string of the molecule is COc1ccc(C)cc1C(=O)C(OC)OC. The highest BCUT2D eigenvalue weighted by Gasteiger charge is 2.22. The highest BCUT2D eigenvalue weighted by molar-refractivity contribution is 6.01. The molecule has 0 N–H and O–H groups in total. The van der Waals surface area contributed by atoms with Crippen LogP contribution in [0.4, 0.5) is 0 Å². The lowest BCUT2D eigenvalue weighted by Gasteiger charge is -2.14. The highest BCUT2D eigenvalue weighted by Crippen LogP contribution is 2.21. The average molecular weight is 224 g/mol. The van der Waals surface area contributed by atoms with Gasteiger partial charge in [0.2, 0.25) is 12.1 Å². The molecule has 0 atom stereocenters. The van der Waals surface area contributed by atoms with Gasteiger partial charge in [-0.1, -0.05) is 11.6 Å². The monoisotopic (exact) mass is 224 g/mol. The number of aryl methyl sites for hydroxylation is 1. The van der Waals surface area contributed by atoms with Crippen molar-refractivity contribution in [2.75, 3.05) is 21.3 Å². The topological polar surface area (TPSA) is 44.8 Å². The zero-order valence-electron chi connectivity index (χ0n) is 9.94. The van der Waals surface area contributed by atoms with Crippen LogP contribution >= 0.6 is 0 Å². The van der Waals surface area contributed by atoms with Crippen molar-refractivity contribution in [3.8, 4) is 5.75 Å². The van der Waals surface area contributed by atoms with Gasteiger partial charge in [0.25, 0.3) is 0 Å². The summed E-state index contributed by atoms with van der Waals surface area (Å²) in [7, 11) is 4.37. The molecule has 0 radical (unpaired) electrons. The Labute approximate surface area is 95.1 Å². The Bertz CT molecular complexity index is 369. The minimum absolute atomic E-state index is 0.245. The van der Waals surface area contributed by atoms with Gasteiger partial charge in [-0.2, -0.15) is 0 Å². The number of rotatable bonds is 5. The first-order chi connectivity index (χ1) is 7.63. The standard InChI is InChI=1S/C12H16O4/c1-8-5-6-10(14-2)9(7-8)11(13)12(15-3)16-4/h5-7,12H,1-4H3. The molecule has 4 heteroatoms. The maximum atomic E-state index is 12.0. The summed E-state index contributed by atoms with van der Waals surface area (Å²) in [4.78, 5) is 12.0. The van der Waals surface area contributed by atoms with Gasteiger partial charge in [-0.15, -0.1) is 0 Å². The minimum atomic E-state index is -0.893. The number of hydrogen-bond donors (Lipinski definition) is 0. The van der Waals surface area contributed by atoms with Gasteiger partial charge in [-0.05, 0) is 19.1 Å². The fraction of sp³-hybridized carbons (Fsp3) is 0.417. The largest absolute Gasteiger partial charge is 0.496 e. The summed E-state index contributed by atoms with van der Waals surface area (Å²) in [5.74, 6) is 0.278. The number of ether oxygens (including phenoxy) is 3. The Morgan fingerprint density at radius 1 is 1.19 bits per heavy atom. The summed E-state index contributed by atoms with van der Waals surface area (Å²) >= 11 is 0. The number of hydrogen-bond acceptors (Lipinski definition) is 4. The van der Waals surface area contributed by atoms with Crippen molar-refractivity contribution in [1.29, 1.82) is 0 Å². The quantitative estimate of drug-likeness (QED) is 0.565. The van der Waals surface area contributed by atoms with Gasteiger partial charge in [0.1, 0.15) is 5.75 Å². The van der Waals surface area contributed by atoms with E-state index in [1.54, 1.807) is 12.1 Å². The Morgan fingerprint density at radius 2 is 1.81 bits per heavy atom. The Kier molecular flexibility index (Phi) is 4.46. The second kappa shape index (κ2) is 5.63. The predicted octanol–water partition coefficient (Wildman–Crippen LogP) is 1.81. The predicted molar refractivity (Wildman–Crippen MR) is 59.9 cm³/mol. The van der Waals surface area contributed by atoms with Crippen molar-refractivity contribution < 1.29 is 19.0 Å². The van der Waals surface area contributed by atoms with E-state index in [2.05, 4.69) is 0 Å². The van der Waals surface area contributed by atoms with Crippen molar-refractivity contribution in [2.24, 2.45) is 0 Å². The molecule has 1 aromatic carbocycles. The molecule has 0 aliphatic carbocycles. The first-order valence-corrected chi connectivity index (χ1v) is 4.88. The fourth-order valence-corrected chi connectivity index (χ4v) is 1.45. The fourth-order valence-electron chi connectivity index (χ4n) is 1.45. The molecule has 0 spiro atoms. The summed E-state index contributed by atoms with van der Waals surface area (Å²) in [6.45, 7) is 1.91. The Morgan fingerprint density at radius 3 is 2.31 bits per heavy atom. The van der Waals surface area contributed by atoms with Crippen molar-refractivity contribution in [2.45, 2.75) is 13.2 Å². The Hall–Kier alpha value is -1.39. The number of carbonyl (C=O) groups is 1. The van der Waals surface area contributed by atoms with Gasteiger partial charge < -0.3 is 14.2 Å². The van der Waals surface area contributed by atoms with Crippen molar-refractivity contribution in [3.05, 3.63) is 29.3 Å². The maximum absolute atomic E-state index is 12.0. The van der Waals surface area contributed by atoms with Crippen LogP contribution in [0.15, 0.2) is 18.2 Å². The number of methoxy groups -OCH3 is 3. The molecule has 0 aliphatic heterocycles. The number of ketones is 1. The molecule has 0 saturated heterocycles. The molecule has 0 saturated carbocycles. The average Bonchev–Trinajstić information content (AvgIpc) is 2.30. The molecule has 0 amide bonds. The van der Waals surface area contributed by atoms with Crippen LogP contribution in [0, 0.1) is 6.92 Å². The van der Waals surface area contributed by atoms with Crippen LogP contribution in [0.3, 0.4) is 0 Å². The van der Waals surface area contributed by atoms with Gasteiger partial charge in [0, 0.05) is 14.2 Å². The molecule has 0 bridgehead atoms. The molecular weight excluding hydrogens is 208 g/mol. The number of carbonyl (C=O) groups excluding carboxylic acids is 1. The van der Waals surface area contributed by atoms with Gasteiger partial charge in [0.05, 0.1) is 12.7 Å². The van der Waals surface area contributed by atoms with E-state index in [0.29, 0.717) is 11.3 Å². The summed E-state index contributed by atoms with van der Waals surface area (Å²) in [5.41, 5.74) is 1.45. The van der Waals surface area contributed by atoms with Crippen LogP contribution in [-0.2, 0) is 9.47 Å². The summed E-state index contributed by atoms with van der Waals surface area (Å²) in [6, 6.07) is 5.39. The third-order valence-corrected chi connectivity index (χ3v) is 2.26. The van der Waals surface area contributed by atoms with E-state index in [4.69, 9.17) is 14.2 Å². The second-order valence-corrected chi connectivity index (χ2v) is 3.37. The summed E-state index contributed by atoms with van der Waals surface area (Å²) in [6.07, 6.45) is -0.893. The third-order valence-electron chi connectivity index (χ3n) is 2.26. The smallest absolute Gasteiger partial charge is 0.222 e. The molecule has 88 valence electrons. The van der Waals surface area contributed by atoms with E-state index in [-0.39, 0.29) is 5.78 Å². The van der Waals surface area contributed by atoms with Gasteiger partial charge in [0.15, 0.2) is 0 Å². The molecule has 0 aliphatic rings. The molecule has 1 rings (SSSR count). The van der Waals surface area contributed by atoms with Gasteiger partial charge in [-0.3, -0.25) is 4.79 Å². The van der Waals surface area contributed by atoms with Crippen LogP contribution in [-0.4, -0.2) is 33.4 Å². The molecule has 0 fully saturated rings. The summed E-state index contributed by atoms with van der Waals surface area (Å²) in [5, 5.41) is 0. The molecule has 0 aromatic heterocycles. The van der Waals surface area contributed by atoms with E-state index in [1.807, 2.05) is 13.0 Å². The summed E-state index contributed by atoms with van der Waals surface area (Å²) < 4.78 is 15.0. The first-order valence-electron chi connectivity index (χ1n) is 4.88. The number of benzene rings is 1. The number of Topliss-reactive ketones (excluding diaryl/α,β-unsaturated/α-hetero) is 1.